The second kappa shape index (κ2) is 8.64. The summed E-state index contributed by atoms with van der Waals surface area (Å²) in [6, 6.07) is 14.2. The first-order chi connectivity index (χ1) is 9.58. The lowest BCUT2D eigenvalue weighted by Crippen LogP contribution is -1.89. The van der Waals surface area contributed by atoms with Crippen molar-refractivity contribution in [3.8, 4) is 0 Å². The highest BCUT2D eigenvalue weighted by molar-refractivity contribution is 7.79. The minimum Gasteiger partial charge on any atom is -0.399 e. The monoisotopic (exact) mass is 314 g/mol. The van der Waals surface area contributed by atoms with Crippen LogP contribution in [0.5, 0.6) is 0 Å². The van der Waals surface area contributed by atoms with Crippen LogP contribution in [-0.4, -0.2) is 17.5 Å². The molecule has 0 aliphatic carbocycles. The number of rotatable bonds is 0. The maximum absolute atomic E-state index is 8.74. The normalized spacial score (nSPS) is 9.62. The average Bonchev–Trinajstić information content (AvgIpc) is 2.35. The Morgan fingerprint density at radius 2 is 0.667 bits per heavy atom. The molecular weight excluding hydrogens is 296 g/mol. The van der Waals surface area contributed by atoms with Gasteiger partial charge in [0.15, 0.2) is 0 Å². The summed E-state index contributed by atoms with van der Waals surface area (Å²) in [7, 11) is -4.67. The molecule has 2 aromatic carbocycles. The fourth-order valence-electron chi connectivity index (χ4n) is 0.992. The van der Waals surface area contributed by atoms with Crippen LogP contribution in [0, 0.1) is 0 Å². The quantitative estimate of drug-likeness (QED) is 0.308. The van der Waals surface area contributed by atoms with E-state index < -0.39 is 10.4 Å². The summed E-state index contributed by atoms with van der Waals surface area (Å²) in [6.07, 6.45) is 0. The van der Waals surface area contributed by atoms with Crippen LogP contribution in [0.2, 0.25) is 0 Å². The maximum Gasteiger partial charge on any atom is 0.394 e. The van der Waals surface area contributed by atoms with Crippen LogP contribution in [0.1, 0.15) is 0 Å². The zero-order chi connectivity index (χ0) is 16.5. The van der Waals surface area contributed by atoms with E-state index in [1.54, 1.807) is 48.5 Å². The number of anilines is 4. The van der Waals surface area contributed by atoms with Gasteiger partial charge in [-0.05, 0) is 48.5 Å². The van der Waals surface area contributed by atoms with Gasteiger partial charge in [-0.1, -0.05) is 0 Å². The molecule has 0 aromatic heterocycles. The first-order valence-electron chi connectivity index (χ1n) is 5.50. The Balaban J connectivity index is 0.000000296. The molecule has 10 N–H and O–H groups in total. The SMILES string of the molecule is Nc1ccc(N)cc1.Nc1ccc(N)cc1.O=S(=O)(O)O. The van der Waals surface area contributed by atoms with Crippen LogP contribution in [-0.2, 0) is 10.4 Å². The molecular formula is C12H18N4O4S. The van der Waals surface area contributed by atoms with Gasteiger partial charge < -0.3 is 22.9 Å². The van der Waals surface area contributed by atoms with Gasteiger partial charge in [-0.3, -0.25) is 9.11 Å². The molecule has 2 aromatic rings. The molecule has 0 saturated carbocycles. The van der Waals surface area contributed by atoms with Crippen LogP contribution in [0.15, 0.2) is 48.5 Å². The lowest BCUT2D eigenvalue weighted by molar-refractivity contribution is 0.381. The van der Waals surface area contributed by atoms with Gasteiger partial charge in [0.2, 0.25) is 0 Å². The van der Waals surface area contributed by atoms with Crippen molar-refractivity contribution in [1.29, 1.82) is 0 Å². The topological polar surface area (TPSA) is 179 Å². The Bertz CT molecular complexity index is 534. The van der Waals surface area contributed by atoms with Crippen molar-refractivity contribution >= 4 is 33.1 Å². The molecule has 8 nitrogen and oxygen atoms in total. The first-order valence-corrected chi connectivity index (χ1v) is 6.89. The van der Waals surface area contributed by atoms with Gasteiger partial charge in [0, 0.05) is 22.7 Å². The average molecular weight is 314 g/mol. The molecule has 0 spiro atoms. The van der Waals surface area contributed by atoms with Crippen LogP contribution < -0.4 is 22.9 Å². The summed E-state index contributed by atoms with van der Waals surface area (Å²) in [5, 5.41) is 0. The molecule has 116 valence electrons. The van der Waals surface area contributed by atoms with Gasteiger partial charge in [0.05, 0.1) is 0 Å². The van der Waals surface area contributed by atoms with Crippen molar-refractivity contribution in [2.24, 2.45) is 0 Å². The number of hydrogen-bond acceptors (Lipinski definition) is 6. The van der Waals surface area contributed by atoms with Crippen molar-refractivity contribution in [1.82, 2.24) is 0 Å². The Hall–Kier alpha value is -2.49. The molecule has 21 heavy (non-hydrogen) atoms. The first kappa shape index (κ1) is 18.5. The van der Waals surface area contributed by atoms with Gasteiger partial charge in [-0.25, -0.2) is 0 Å². The van der Waals surface area contributed by atoms with E-state index in [9.17, 15) is 0 Å². The zero-order valence-corrected chi connectivity index (χ0v) is 11.9. The molecule has 0 unspecified atom stereocenters. The summed E-state index contributed by atoms with van der Waals surface area (Å²) in [5.74, 6) is 0. The van der Waals surface area contributed by atoms with Crippen molar-refractivity contribution < 1.29 is 17.5 Å². The third-order valence-corrected chi connectivity index (χ3v) is 1.87. The highest BCUT2D eigenvalue weighted by atomic mass is 32.3. The summed E-state index contributed by atoms with van der Waals surface area (Å²) in [4.78, 5) is 0. The van der Waals surface area contributed by atoms with Crippen LogP contribution in [0.25, 0.3) is 0 Å². The predicted octanol–water partition coefficient (Wildman–Crippen LogP) is 1.05. The molecule has 0 atom stereocenters. The molecule has 0 heterocycles. The van der Waals surface area contributed by atoms with Gasteiger partial charge in [0.25, 0.3) is 0 Å². The van der Waals surface area contributed by atoms with E-state index in [-0.39, 0.29) is 0 Å². The second-order valence-corrected chi connectivity index (χ2v) is 4.68. The number of hydrogen-bond donors (Lipinski definition) is 6. The summed E-state index contributed by atoms with van der Waals surface area (Å²) in [5.41, 5.74) is 24.5. The van der Waals surface area contributed by atoms with E-state index in [4.69, 9.17) is 40.5 Å². The van der Waals surface area contributed by atoms with E-state index in [0.29, 0.717) is 0 Å². The third kappa shape index (κ3) is 13.7. The minimum atomic E-state index is -4.67. The predicted molar refractivity (Wildman–Crippen MR) is 84.7 cm³/mol. The van der Waals surface area contributed by atoms with Crippen LogP contribution in [0.4, 0.5) is 22.7 Å². The number of benzene rings is 2. The highest BCUT2D eigenvalue weighted by Crippen LogP contribution is 2.05. The molecule has 0 fully saturated rings. The Morgan fingerprint density at radius 3 is 0.762 bits per heavy atom. The third-order valence-electron chi connectivity index (χ3n) is 1.87. The summed E-state index contributed by atoms with van der Waals surface area (Å²) >= 11 is 0. The fraction of sp³-hybridized carbons (Fsp3) is 0. The standard InChI is InChI=1S/2C6H8N2.H2O4S/c2*7-5-1-2-6(8)4-3-5;1-5(2,3)4/h2*1-4H,7-8H2;(H2,1,2,3,4). The fourth-order valence-corrected chi connectivity index (χ4v) is 0.992. The highest BCUT2D eigenvalue weighted by Gasteiger charge is 1.84. The van der Waals surface area contributed by atoms with Crippen molar-refractivity contribution in [2.75, 3.05) is 22.9 Å². The minimum absolute atomic E-state index is 0.749. The van der Waals surface area contributed by atoms with E-state index in [2.05, 4.69) is 0 Å². The van der Waals surface area contributed by atoms with Gasteiger partial charge in [0.1, 0.15) is 0 Å². The Morgan fingerprint density at radius 1 is 0.571 bits per heavy atom. The smallest absolute Gasteiger partial charge is 0.394 e. The molecule has 9 heteroatoms. The number of nitrogen functional groups attached to an aromatic ring is 4. The maximum atomic E-state index is 8.74. The Labute approximate surface area is 122 Å². The van der Waals surface area contributed by atoms with E-state index in [1.807, 2.05) is 0 Å². The summed E-state index contributed by atoms with van der Waals surface area (Å²) < 4.78 is 31.6. The molecule has 0 saturated heterocycles. The lowest BCUT2D eigenvalue weighted by atomic mass is 10.3. The van der Waals surface area contributed by atoms with E-state index in [1.165, 1.54) is 0 Å². The molecule has 0 radical (unpaired) electrons. The molecule has 0 amide bonds. The van der Waals surface area contributed by atoms with Crippen molar-refractivity contribution in [3.05, 3.63) is 48.5 Å². The molecule has 0 aliphatic rings. The van der Waals surface area contributed by atoms with E-state index >= 15 is 0 Å². The Kier molecular flexibility index (Phi) is 7.61. The largest absolute Gasteiger partial charge is 0.399 e. The van der Waals surface area contributed by atoms with Gasteiger partial charge >= 0.3 is 10.4 Å². The second-order valence-electron chi connectivity index (χ2n) is 3.78. The van der Waals surface area contributed by atoms with Gasteiger partial charge in [-0.2, -0.15) is 8.42 Å². The van der Waals surface area contributed by atoms with Crippen LogP contribution >= 0.6 is 0 Å². The zero-order valence-electron chi connectivity index (χ0n) is 11.0. The molecule has 0 bridgehead atoms. The lowest BCUT2D eigenvalue weighted by Gasteiger charge is -1.90. The molecule has 2 rings (SSSR count). The van der Waals surface area contributed by atoms with E-state index in [0.717, 1.165) is 22.7 Å². The molecule has 0 aliphatic heterocycles. The van der Waals surface area contributed by atoms with Gasteiger partial charge in [-0.15, -0.1) is 0 Å². The van der Waals surface area contributed by atoms with Crippen LogP contribution in [0.3, 0.4) is 0 Å². The van der Waals surface area contributed by atoms with Crippen molar-refractivity contribution in [2.45, 2.75) is 0 Å². The van der Waals surface area contributed by atoms with Crippen molar-refractivity contribution in [3.63, 3.8) is 0 Å². The number of nitrogens with two attached hydrogens (primary N) is 4. The summed E-state index contributed by atoms with van der Waals surface area (Å²) in [6.45, 7) is 0.